The normalized spacial score (nSPS) is 25.2. The van der Waals surface area contributed by atoms with E-state index >= 15 is 0 Å². The molecule has 1 aliphatic rings. The van der Waals surface area contributed by atoms with Crippen LogP contribution in [0.5, 0.6) is 0 Å². The molecule has 138 valence electrons. The van der Waals surface area contributed by atoms with Gasteiger partial charge in [0, 0.05) is 17.5 Å². The van der Waals surface area contributed by atoms with Crippen LogP contribution in [0.2, 0.25) is 0 Å². The minimum absolute atomic E-state index is 0.0818. The first-order valence-electron chi connectivity index (χ1n) is 9.23. The van der Waals surface area contributed by atoms with Gasteiger partial charge in [0.2, 0.25) is 0 Å². The number of aliphatic hydroxyl groups excluding tert-OH is 1. The molecule has 1 saturated carbocycles. The number of hydrogen-bond acceptors (Lipinski definition) is 3. The van der Waals surface area contributed by atoms with Crippen molar-refractivity contribution >= 4 is 6.09 Å². The third-order valence-electron chi connectivity index (χ3n) is 5.13. The van der Waals surface area contributed by atoms with Crippen molar-refractivity contribution in [2.75, 3.05) is 0 Å². The van der Waals surface area contributed by atoms with E-state index in [0.717, 1.165) is 31.3 Å². The van der Waals surface area contributed by atoms with E-state index in [1.165, 1.54) is 12.8 Å². The summed E-state index contributed by atoms with van der Waals surface area (Å²) in [6.45, 7) is 13.7. The Balaban J connectivity index is 3.00. The van der Waals surface area contributed by atoms with Crippen molar-refractivity contribution in [3.63, 3.8) is 0 Å². The number of carbonyl (C=O) groups excluding carboxylic acids is 1. The van der Waals surface area contributed by atoms with E-state index in [0.29, 0.717) is 0 Å². The maximum absolute atomic E-state index is 12.4. The highest BCUT2D eigenvalue weighted by atomic mass is 16.5. The maximum atomic E-state index is 12.4. The zero-order valence-electron chi connectivity index (χ0n) is 16.0. The van der Waals surface area contributed by atoms with Gasteiger partial charge in [0.25, 0.3) is 0 Å². The summed E-state index contributed by atoms with van der Waals surface area (Å²) < 4.78 is 5.53. The molecule has 0 saturated heterocycles. The summed E-state index contributed by atoms with van der Waals surface area (Å²) in [5.41, 5.74) is 0.596. The molecular weight excluding hydrogens is 302 g/mol. The van der Waals surface area contributed by atoms with Gasteiger partial charge in [-0.25, -0.2) is 4.79 Å². The molecule has 4 heteroatoms. The van der Waals surface area contributed by atoms with Gasteiger partial charge >= 0.3 is 6.09 Å². The number of hydrogen-bond donors (Lipinski definition) is 1. The molecule has 0 spiro atoms. The first-order chi connectivity index (χ1) is 11.2. The van der Waals surface area contributed by atoms with Crippen LogP contribution in [0.15, 0.2) is 24.5 Å². The molecular formula is C20H35NO3. The Morgan fingerprint density at radius 2 is 1.79 bits per heavy atom. The predicted molar refractivity (Wildman–Crippen MR) is 98.7 cm³/mol. The highest BCUT2D eigenvalue weighted by molar-refractivity contribution is 5.69. The molecule has 1 amide bonds. The van der Waals surface area contributed by atoms with Crippen LogP contribution in [-0.2, 0) is 4.74 Å². The molecule has 24 heavy (non-hydrogen) atoms. The second-order valence-corrected chi connectivity index (χ2v) is 7.63. The topological polar surface area (TPSA) is 49.8 Å². The molecule has 0 aromatic carbocycles. The number of aliphatic hydroxyl groups is 1. The van der Waals surface area contributed by atoms with Crippen LogP contribution in [0.4, 0.5) is 4.79 Å². The molecule has 0 bridgehead atoms. The monoisotopic (exact) mass is 337 g/mol. The summed E-state index contributed by atoms with van der Waals surface area (Å²) in [6.07, 6.45) is 8.43. The summed E-state index contributed by atoms with van der Waals surface area (Å²) in [5.74, 6) is 0. The van der Waals surface area contributed by atoms with Gasteiger partial charge in [0.15, 0.2) is 0 Å². The predicted octanol–water partition coefficient (Wildman–Crippen LogP) is 5.03. The average Bonchev–Trinajstić information content (AvgIpc) is 2.49. The van der Waals surface area contributed by atoms with Crippen molar-refractivity contribution < 1.29 is 14.6 Å². The van der Waals surface area contributed by atoms with Gasteiger partial charge in [0.1, 0.15) is 0 Å². The molecule has 0 aromatic heterocycles. The van der Waals surface area contributed by atoms with E-state index in [-0.39, 0.29) is 18.2 Å². The molecule has 0 aliphatic heterocycles. The summed E-state index contributed by atoms with van der Waals surface area (Å²) in [7, 11) is 0. The Morgan fingerprint density at radius 3 is 2.33 bits per heavy atom. The van der Waals surface area contributed by atoms with Crippen LogP contribution in [0.3, 0.4) is 0 Å². The quantitative estimate of drug-likeness (QED) is 0.565. The van der Waals surface area contributed by atoms with Crippen molar-refractivity contribution in [3.05, 3.63) is 24.5 Å². The Hall–Kier alpha value is -1.29. The van der Waals surface area contributed by atoms with Gasteiger partial charge in [-0.3, -0.25) is 0 Å². The van der Waals surface area contributed by atoms with Gasteiger partial charge in [-0.1, -0.05) is 32.3 Å². The molecule has 0 heterocycles. The highest BCUT2D eigenvalue weighted by Crippen LogP contribution is 2.41. The molecule has 0 unspecified atom stereocenters. The second kappa shape index (κ2) is 9.26. The third-order valence-corrected chi connectivity index (χ3v) is 5.13. The smallest absolute Gasteiger partial charge is 0.415 e. The Bertz CT molecular complexity index is 448. The molecule has 0 aromatic rings. The van der Waals surface area contributed by atoms with Crippen LogP contribution in [0.1, 0.15) is 73.1 Å². The van der Waals surface area contributed by atoms with Crippen molar-refractivity contribution in [1.29, 1.82) is 0 Å². The van der Waals surface area contributed by atoms with Crippen LogP contribution in [-0.4, -0.2) is 34.3 Å². The number of amides is 1. The molecule has 1 aliphatic carbocycles. The van der Waals surface area contributed by atoms with Crippen LogP contribution < -0.4 is 0 Å². The van der Waals surface area contributed by atoms with Crippen LogP contribution >= 0.6 is 0 Å². The SMILES string of the molecule is C=C[C@@H](O)[C@@]1(C)CCCCCC/C1=C\OC(=O)N(C(C)C)C(C)C. The number of carbonyl (C=O) groups is 1. The number of rotatable bonds is 5. The number of nitrogens with zero attached hydrogens (tertiary/aromatic N) is 1. The first-order valence-corrected chi connectivity index (χ1v) is 9.23. The standard InChI is InChI=1S/C20H35NO3/c1-7-18(22)20(6)13-11-9-8-10-12-17(20)14-24-19(23)21(15(2)3)16(4)5/h7,14-16,18,22H,1,8-13H2,2-6H3/b17-14+/t18-,20+/m1/s1. The average molecular weight is 338 g/mol. The lowest BCUT2D eigenvalue weighted by molar-refractivity contribution is 0.0811. The van der Waals surface area contributed by atoms with Crippen molar-refractivity contribution in [2.24, 2.45) is 5.41 Å². The third kappa shape index (κ3) is 5.10. The summed E-state index contributed by atoms with van der Waals surface area (Å²) in [5, 5.41) is 10.5. The Morgan fingerprint density at radius 1 is 1.21 bits per heavy atom. The zero-order valence-corrected chi connectivity index (χ0v) is 16.0. The van der Waals surface area contributed by atoms with Crippen molar-refractivity contribution in [2.45, 2.75) is 91.3 Å². The fourth-order valence-corrected chi connectivity index (χ4v) is 3.60. The van der Waals surface area contributed by atoms with Gasteiger partial charge < -0.3 is 14.7 Å². The second-order valence-electron chi connectivity index (χ2n) is 7.63. The molecule has 2 atom stereocenters. The summed E-state index contributed by atoms with van der Waals surface area (Å²) >= 11 is 0. The van der Waals surface area contributed by atoms with E-state index < -0.39 is 11.5 Å². The van der Waals surface area contributed by atoms with Gasteiger partial charge in [0.05, 0.1) is 12.4 Å². The van der Waals surface area contributed by atoms with E-state index in [4.69, 9.17) is 4.74 Å². The lowest BCUT2D eigenvalue weighted by Gasteiger charge is -2.37. The summed E-state index contributed by atoms with van der Waals surface area (Å²) in [4.78, 5) is 14.2. The van der Waals surface area contributed by atoms with Crippen LogP contribution in [0.25, 0.3) is 0 Å². The highest BCUT2D eigenvalue weighted by Gasteiger charge is 2.36. The zero-order chi connectivity index (χ0) is 18.3. The van der Waals surface area contributed by atoms with Gasteiger partial charge in [-0.05, 0) is 52.5 Å². The number of ether oxygens (including phenoxy) is 1. The molecule has 0 radical (unpaired) electrons. The molecule has 4 nitrogen and oxygen atoms in total. The minimum Gasteiger partial charge on any atom is -0.418 e. The molecule has 1 rings (SSSR count). The van der Waals surface area contributed by atoms with E-state index in [1.807, 2.05) is 34.6 Å². The van der Waals surface area contributed by atoms with Crippen molar-refractivity contribution in [1.82, 2.24) is 4.90 Å². The molecule has 1 fully saturated rings. The largest absolute Gasteiger partial charge is 0.418 e. The fourth-order valence-electron chi connectivity index (χ4n) is 3.60. The Kier molecular flexibility index (Phi) is 8.01. The van der Waals surface area contributed by atoms with E-state index in [2.05, 4.69) is 6.58 Å². The lowest BCUT2D eigenvalue weighted by Crippen LogP contribution is -2.42. The summed E-state index contributed by atoms with van der Waals surface area (Å²) in [6, 6.07) is 0.164. The first kappa shape index (κ1) is 20.8. The minimum atomic E-state index is -0.633. The van der Waals surface area contributed by atoms with E-state index in [1.54, 1.807) is 17.2 Å². The maximum Gasteiger partial charge on any atom is 0.415 e. The van der Waals surface area contributed by atoms with Gasteiger partial charge in [-0.2, -0.15) is 0 Å². The van der Waals surface area contributed by atoms with Crippen molar-refractivity contribution in [3.8, 4) is 0 Å². The van der Waals surface area contributed by atoms with Gasteiger partial charge in [-0.15, -0.1) is 6.58 Å². The van der Waals surface area contributed by atoms with Crippen LogP contribution in [0, 0.1) is 5.41 Å². The Labute approximate surface area is 147 Å². The molecule has 1 N–H and O–H groups in total. The fraction of sp³-hybridized carbons (Fsp3) is 0.750. The lowest BCUT2D eigenvalue weighted by atomic mass is 9.70. The van der Waals surface area contributed by atoms with E-state index in [9.17, 15) is 9.90 Å².